The Bertz CT molecular complexity index is 388. The minimum Gasteiger partial charge on any atom is -0.481 e. The van der Waals surface area contributed by atoms with Crippen LogP contribution in [0.3, 0.4) is 0 Å². The normalized spacial score (nSPS) is 21.7. The fraction of sp³-hybridized carbons (Fsp3) is 0.769. The van der Waals surface area contributed by atoms with Gasteiger partial charge in [-0.05, 0) is 19.8 Å². The van der Waals surface area contributed by atoms with Gasteiger partial charge >= 0.3 is 12.0 Å². The fourth-order valence-corrected chi connectivity index (χ4v) is 2.31. The van der Waals surface area contributed by atoms with Gasteiger partial charge in [-0.3, -0.25) is 9.59 Å². The Morgan fingerprint density at radius 3 is 2.62 bits per heavy atom. The maximum absolute atomic E-state index is 12.0. The third kappa shape index (κ3) is 5.58. The summed E-state index contributed by atoms with van der Waals surface area (Å²) in [6.45, 7) is 2.90. The molecule has 0 spiro atoms. The van der Waals surface area contributed by atoms with Crippen molar-refractivity contribution < 1.29 is 24.2 Å². The SMILES string of the molecule is COCCNC(=O)CNC(=O)N1CCC(C(=O)O)CC1C. The average molecular weight is 301 g/mol. The van der Waals surface area contributed by atoms with Crippen LogP contribution < -0.4 is 10.6 Å². The van der Waals surface area contributed by atoms with E-state index in [1.807, 2.05) is 6.92 Å². The molecular formula is C13H23N3O5. The molecule has 2 atom stereocenters. The van der Waals surface area contributed by atoms with Gasteiger partial charge in [0.05, 0.1) is 19.1 Å². The van der Waals surface area contributed by atoms with E-state index in [-0.39, 0.29) is 24.5 Å². The van der Waals surface area contributed by atoms with E-state index in [0.717, 1.165) is 0 Å². The largest absolute Gasteiger partial charge is 0.481 e. The predicted octanol–water partition coefficient (Wildman–Crippen LogP) is -0.356. The zero-order valence-electron chi connectivity index (χ0n) is 12.4. The average Bonchev–Trinajstić information content (AvgIpc) is 2.44. The lowest BCUT2D eigenvalue weighted by atomic mass is 9.92. The van der Waals surface area contributed by atoms with Gasteiger partial charge in [0.15, 0.2) is 0 Å². The van der Waals surface area contributed by atoms with Gasteiger partial charge < -0.3 is 25.4 Å². The Kier molecular flexibility index (Phi) is 6.93. The zero-order valence-corrected chi connectivity index (χ0v) is 12.4. The molecule has 8 heteroatoms. The number of carboxylic acid groups (broad SMARTS) is 1. The number of likely N-dealkylation sites (tertiary alicyclic amines) is 1. The van der Waals surface area contributed by atoms with E-state index in [9.17, 15) is 14.4 Å². The molecule has 2 unspecified atom stereocenters. The highest BCUT2D eigenvalue weighted by Gasteiger charge is 2.32. The van der Waals surface area contributed by atoms with Crippen molar-refractivity contribution in [1.82, 2.24) is 15.5 Å². The van der Waals surface area contributed by atoms with E-state index in [4.69, 9.17) is 9.84 Å². The molecule has 1 heterocycles. The second-order valence-electron chi connectivity index (χ2n) is 5.10. The molecule has 0 aromatic heterocycles. The highest BCUT2D eigenvalue weighted by Crippen LogP contribution is 2.22. The lowest BCUT2D eigenvalue weighted by Gasteiger charge is -2.36. The summed E-state index contributed by atoms with van der Waals surface area (Å²) in [4.78, 5) is 35.9. The van der Waals surface area contributed by atoms with Crippen molar-refractivity contribution in [2.45, 2.75) is 25.8 Å². The van der Waals surface area contributed by atoms with Crippen LogP contribution in [0.25, 0.3) is 0 Å². The number of nitrogens with one attached hydrogen (secondary N) is 2. The third-order valence-corrected chi connectivity index (χ3v) is 3.51. The molecule has 3 N–H and O–H groups in total. The quantitative estimate of drug-likeness (QED) is 0.581. The van der Waals surface area contributed by atoms with Crippen molar-refractivity contribution in [3.8, 4) is 0 Å². The summed E-state index contributed by atoms with van der Waals surface area (Å²) in [5.41, 5.74) is 0. The number of hydrogen-bond donors (Lipinski definition) is 3. The van der Waals surface area contributed by atoms with Gasteiger partial charge in [-0.25, -0.2) is 4.79 Å². The smallest absolute Gasteiger partial charge is 0.318 e. The van der Waals surface area contributed by atoms with Crippen LogP contribution in [0.15, 0.2) is 0 Å². The maximum Gasteiger partial charge on any atom is 0.318 e. The summed E-state index contributed by atoms with van der Waals surface area (Å²) in [7, 11) is 1.54. The number of rotatable bonds is 6. The zero-order chi connectivity index (χ0) is 15.8. The highest BCUT2D eigenvalue weighted by atomic mass is 16.5. The molecule has 1 aliphatic rings. The van der Waals surface area contributed by atoms with Crippen LogP contribution in [0.5, 0.6) is 0 Å². The highest BCUT2D eigenvalue weighted by molar-refractivity contribution is 5.84. The maximum atomic E-state index is 12.0. The lowest BCUT2D eigenvalue weighted by molar-refractivity contribution is -0.143. The van der Waals surface area contributed by atoms with Crippen LogP contribution in [0.1, 0.15) is 19.8 Å². The van der Waals surface area contributed by atoms with Crippen molar-refractivity contribution >= 4 is 17.9 Å². The lowest BCUT2D eigenvalue weighted by Crippen LogP contribution is -2.51. The number of carbonyl (C=O) groups excluding carboxylic acids is 2. The van der Waals surface area contributed by atoms with Gasteiger partial charge in [-0.2, -0.15) is 0 Å². The molecule has 120 valence electrons. The van der Waals surface area contributed by atoms with Crippen LogP contribution in [-0.2, 0) is 14.3 Å². The molecule has 0 saturated carbocycles. The van der Waals surface area contributed by atoms with Crippen LogP contribution in [-0.4, -0.2) is 67.3 Å². The monoisotopic (exact) mass is 301 g/mol. The van der Waals surface area contributed by atoms with Crippen molar-refractivity contribution in [3.63, 3.8) is 0 Å². The number of urea groups is 1. The Balaban J connectivity index is 2.32. The number of hydrogen-bond acceptors (Lipinski definition) is 4. The number of amides is 3. The summed E-state index contributed by atoms with van der Waals surface area (Å²) >= 11 is 0. The summed E-state index contributed by atoms with van der Waals surface area (Å²) in [5, 5.41) is 14.1. The van der Waals surface area contributed by atoms with Crippen molar-refractivity contribution in [2.75, 3.05) is 33.4 Å². The topological polar surface area (TPSA) is 108 Å². The van der Waals surface area contributed by atoms with E-state index in [2.05, 4.69) is 10.6 Å². The Labute approximate surface area is 123 Å². The second kappa shape index (κ2) is 8.46. The molecule has 0 aliphatic carbocycles. The first kappa shape index (κ1) is 17.2. The first-order valence-electron chi connectivity index (χ1n) is 6.98. The summed E-state index contributed by atoms with van der Waals surface area (Å²) in [5.74, 6) is -1.51. The number of nitrogens with zero attached hydrogens (tertiary/aromatic N) is 1. The molecule has 1 saturated heterocycles. The summed E-state index contributed by atoms with van der Waals surface area (Å²) < 4.78 is 4.80. The molecule has 3 amide bonds. The standard InChI is InChI=1S/C13H23N3O5/c1-9-7-10(12(18)19)3-5-16(9)13(20)15-8-11(17)14-4-6-21-2/h9-10H,3-8H2,1-2H3,(H,14,17)(H,15,20)(H,18,19). The van der Waals surface area contributed by atoms with Crippen molar-refractivity contribution in [2.24, 2.45) is 5.92 Å². The van der Waals surface area contributed by atoms with Gasteiger partial charge in [0.25, 0.3) is 0 Å². The number of ether oxygens (including phenoxy) is 1. The van der Waals surface area contributed by atoms with Crippen LogP contribution in [0.4, 0.5) is 4.79 Å². The van der Waals surface area contributed by atoms with Crippen molar-refractivity contribution in [1.29, 1.82) is 0 Å². The number of methoxy groups -OCH3 is 1. The first-order valence-corrected chi connectivity index (χ1v) is 6.98. The third-order valence-electron chi connectivity index (χ3n) is 3.51. The molecule has 21 heavy (non-hydrogen) atoms. The minimum absolute atomic E-state index is 0.103. The second-order valence-corrected chi connectivity index (χ2v) is 5.10. The van der Waals surface area contributed by atoms with Gasteiger partial charge in [0.2, 0.25) is 5.91 Å². The number of aliphatic carboxylic acids is 1. The van der Waals surface area contributed by atoms with Crippen LogP contribution >= 0.6 is 0 Å². The molecule has 8 nitrogen and oxygen atoms in total. The Hall–Kier alpha value is -1.83. The minimum atomic E-state index is -0.820. The van der Waals surface area contributed by atoms with Gasteiger partial charge in [0.1, 0.15) is 0 Å². The number of carboxylic acids is 1. The first-order chi connectivity index (χ1) is 9.95. The number of carbonyl (C=O) groups is 3. The van der Waals surface area contributed by atoms with Crippen molar-refractivity contribution in [3.05, 3.63) is 0 Å². The van der Waals surface area contributed by atoms with E-state index < -0.39 is 11.9 Å². The molecule has 1 aliphatic heterocycles. The molecule has 0 radical (unpaired) electrons. The molecule has 0 aromatic carbocycles. The van der Waals surface area contributed by atoms with E-state index in [1.165, 1.54) is 7.11 Å². The molecular weight excluding hydrogens is 278 g/mol. The van der Waals surface area contributed by atoms with E-state index >= 15 is 0 Å². The Morgan fingerprint density at radius 2 is 2.05 bits per heavy atom. The summed E-state index contributed by atoms with van der Waals surface area (Å²) in [6.07, 6.45) is 0.871. The fourth-order valence-electron chi connectivity index (χ4n) is 2.31. The van der Waals surface area contributed by atoms with Gasteiger partial charge in [-0.1, -0.05) is 0 Å². The summed E-state index contributed by atoms with van der Waals surface area (Å²) in [6, 6.07) is -0.496. The van der Waals surface area contributed by atoms with E-state index in [0.29, 0.717) is 32.5 Å². The predicted molar refractivity (Wildman–Crippen MR) is 74.8 cm³/mol. The Morgan fingerprint density at radius 1 is 1.33 bits per heavy atom. The number of piperidine rings is 1. The molecule has 1 rings (SSSR count). The van der Waals surface area contributed by atoms with Crippen LogP contribution in [0, 0.1) is 5.92 Å². The molecule has 1 fully saturated rings. The molecule has 0 bridgehead atoms. The molecule has 0 aromatic rings. The van der Waals surface area contributed by atoms with Gasteiger partial charge in [-0.15, -0.1) is 0 Å². The van der Waals surface area contributed by atoms with Gasteiger partial charge in [0, 0.05) is 26.2 Å². The van der Waals surface area contributed by atoms with E-state index in [1.54, 1.807) is 4.90 Å². The van der Waals surface area contributed by atoms with Crippen LogP contribution in [0.2, 0.25) is 0 Å².